The lowest BCUT2D eigenvalue weighted by atomic mass is 9.91. The molecule has 0 bridgehead atoms. The molecule has 2 aromatic rings. The topological polar surface area (TPSA) is 137 Å². The first kappa shape index (κ1) is 23.9. The number of carboxylic acids is 1. The van der Waals surface area contributed by atoms with Crippen molar-refractivity contribution < 1.29 is 48.6 Å². The molecule has 10 heteroatoms. The van der Waals surface area contributed by atoms with Crippen molar-refractivity contribution >= 4 is 5.97 Å². The number of halogens is 2. The van der Waals surface area contributed by atoms with Crippen LogP contribution in [0.4, 0.5) is 8.78 Å². The van der Waals surface area contributed by atoms with Crippen LogP contribution < -0.4 is 9.47 Å². The molecule has 0 amide bonds. The number of benzene rings is 2. The van der Waals surface area contributed by atoms with Crippen LogP contribution in [0.3, 0.4) is 0 Å². The lowest BCUT2D eigenvalue weighted by Gasteiger charge is -2.33. The van der Waals surface area contributed by atoms with Gasteiger partial charge in [-0.05, 0) is 44.5 Å². The number of aliphatic hydroxyl groups is 4. The fourth-order valence-electron chi connectivity index (χ4n) is 3.73. The molecular formula is C22H24F2O8. The van der Waals surface area contributed by atoms with Crippen LogP contribution in [0.2, 0.25) is 0 Å². The fourth-order valence-corrected chi connectivity index (χ4v) is 3.73. The van der Waals surface area contributed by atoms with Crippen molar-refractivity contribution in [3.63, 3.8) is 0 Å². The zero-order valence-electron chi connectivity index (χ0n) is 17.6. The average molecular weight is 454 g/mol. The highest BCUT2D eigenvalue weighted by molar-refractivity contribution is 5.76. The minimum Gasteiger partial charge on any atom is -0.487 e. The summed E-state index contributed by atoms with van der Waals surface area (Å²) in [5.41, 5.74) is -0.692. The average Bonchev–Trinajstić information content (AvgIpc) is 2.99. The number of rotatable bonds is 7. The molecule has 0 spiro atoms. The van der Waals surface area contributed by atoms with Crippen molar-refractivity contribution in [2.45, 2.75) is 57.4 Å². The van der Waals surface area contributed by atoms with Gasteiger partial charge in [0.2, 0.25) is 0 Å². The van der Waals surface area contributed by atoms with Crippen LogP contribution in [0.15, 0.2) is 24.3 Å². The second kappa shape index (κ2) is 7.96. The van der Waals surface area contributed by atoms with Gasteiger partial charge in [-0.2, -0.15) is 0 Å². The summed E-state index contributed by atoms with van der Waals surface area (Å²) in [6.45, 7) is 4.86. The van der Waals surface area contributed by atoms with E-state index in [1.807, 2.05) is 13.8 Å². The molecule has 32 heavy (non-hydrogen) atoms. The van der Waals surface area contributed by atoms with Crippen molar-refractivity contribution in [1.29, 1.82) is 0 Å². The summed E-state index contributed by atoms with van der Waals surface area (Å²) in [5.74, 6) is -11.5. The Hall–Kier alpha value is -2.79. The minimum absolute atomic E-state index is 0.163. The van der Waals surface area contributed by atoms with Gasteiger partial charge in [0.25, 0.3) is 5.79 Å². The molecule has 0 unspecified atom stereocenters. The normalized spacial score (nSPS) is 15.3. The second-order valence-electron chi connectivity index (χ2n) is 8.29. The highest BCUT2D eigenvalue weighted by atomic mass is 19.1. The van der Waals surface area contributed by atoms with Crippen LogP contribution in [0.5, 0.6) is 11.5 Å². The molecule has 1 aliphatic heterocycles. The predicted molar refractivity (Wildman–Crippen MR) is 106 cm³/mol. The first-order chi connectivity index (χ1) is 14.7. The molecule has 8 nitrogen and oxygen atoms in total. The number of hydrogen-bond donors (Lipinski definition) is 5. The summed E-state index contributed by atoms with van der Waals surface area (Å²) in [6.07, 6.45) is 0.322. The summed E-state index contributed by atoms with van der Waals surface area (Å²) in [4.78, 5) is 11.0. The molecule has 0 aromatic heterocycles. The van der Waals surface area contributed by atoms with E-state index < -0.39 is 45.9 Å². The highest BCUT2D eigenvalue weighted by Crippen LogP contribution is 2.40. The molecule has 2 aromatic carbocycles. The Labute approximate surface area is 182 Å². The van der Waals surface area contributed by atoms with Crippen molar-refractivity contribution in [3.8, 4) is 11.5 Å². The van der Waals surface area contributed by atoms with Gasteiger partial charge in [-0.25, -0.2) is 13.6 Å². The van der Waals surface area contributed by atoms with Gasteiger partial charge in [0.1, 0.15) is 23.8 Å². The van der Waals surface area contributed by atoms with E-state index in [-0.39, 0.29) is 18.8 Å². The van der Waals surface area contributed by atoms with E-state index in [1.165, 1.54) is 19.1 Å². The van der Waals surface area contributed by atoms with E-state index in [1.54, 1.807) is 0 Å². The Morgan fingerprint density at radius 1 is 1.19 bits per heavy atom. The molecule has 0 fully saturated rings. The molecule has 0 radical (unpaired) electrons. The van der Waals surface area contributed by atoms with Gasteiger partial charge in [-0.3, -0.25) is 0 Å². The third kappa shape index (κ3) is 4.02. The Morgan fingerprint density at radius 2 is 1.84 bits per heavy atom. The zero-order valence-corrected chi connectivity index (χ0v) is 17.6. The van der Waals surface area contributed by atoms with E-state index in [2.05, 4.69) is 0 Å². The molecule has 3 rings (SSSR count). The summed E-state index contributed by atoms with van der Waals surface area (Å²) in [7, 11) is 0. The molecule has 174 valence electrons. The highest BCUT2D eigenvalue weighted by Gasteiger charge is 2.56. The maximum absolute atomic E-state index is 15.1. The summed E-state index contributed by atoms with van der Waals surface area (Å²) in [6, 6.07) is 4.46. The number of fused-ring (bicyclic) bond motifs is 1. The summed E-state index contributed by atoms with van der Waals surface area (Å²) in [5, 5.41) is 48.4. The van der Waals surface area contributed by atoms with Crippen LogP contribution in [0.1, 0.15) is 43.0 Å². The van der Waals surface area contributed by atoms with Crippen molar-refractivity contribution in [3.05, 3.63) is 58.2 Å². The fraction of sp³-hybridized carbons (Fsp3) is 0.409. The zero-order chi connectivity index (χ0) is 24.1. The van der Waals surface area contributed by atoms with Crippen molar-refractivity contribution in [1.82, 2.24) is 0 Å². The molecule has 0 saturated carbocycles. The molecule has 1 aliphatic rings. The first-order valence-corrected chi connectivity index (χ1v) is 9.79. The van der Waals surface area contributed by atoms with Crippen molar-refractivity contribution in [2.24, 2.45) is 0 Å². The smallest absolute Gasteiger partial charge is 0.370 e. The summed E-state index contributed by atoms with van der Waals surface area (Å²) < 4.78 is 40.4. The molecule has 1 heterocycles. The number of hydrogen-bond acceptors (Lipinski definition) is 7. The largest absolute Gasteiger partial charge is 0.487 e. The van der Waals surface area contributed by atoms with Crippen LogP contribution in [0.25, 0.3) is 0 Å². The van der Waals surface area contributed by atoms with Crippen molar-refractivity contribution in [2.75, 3.05) is 0 Å². The van der Waals surface area contributed by atoms with E-state index in [4.69, 9.17) is 14.6 Å². The quantitative estimate of drug-likeness (QED) is 0.399. The summed E-state index contributed by atoms with van der Waals surface area (Å²) >= 11 is 0. The Bertz CT molecular complexity index is 1060. The predicted octanol–water partition coefficient (Wildman–Crippen LogP) is 1.72. The maximum atomic E-state index is 15.1. The van der Waals surface area contributed by atoms with E-state index in [9.17, 15) is 29.6 Å². The van der Waals surface area contributed by atoms with Crippen LogP contribution in [0, 0.1) is 11.6 Å². The second-order valence-corrected chi connectivity index (χ2v) is 8.29. The van der Waals surface area contributed by atoms with Gasteiger partial charge in [-0.1, -0.05) is 6.92 Å². The third-order valence-corrected chi connectivity index (χ3v) is 5.31. The SMILES string of the molecule is CCc1c(C(O)(O)C(O)(O)C(=O)O)ccc(OCc2cc(F)cc3c2OC(C)(C)C3)c1F. The third-order valence-electron chi connectivity index (χ3n) is 5.31. The van der Waals surface area contributed by atoms with Gasteiger partial charge in [0.05, 0.1) is 0 Å². The van der Waals surface area contributed by atoms with Gasteiger partial charge in [-0.15, -0.1) is 0 Å². The number of aliphatic carboxylic acids is 1. The van der Waals surface area contributed by atoms with E-state index in [0.29, 0.717) is 23.3 Å². The molecule has 5 N–H and O–H groups in total. The Morgan fingerprint density at radius 3 is 2.44 bits per heavy atom. The molecular weight excluding hydrogens is 430 g/mol. The first-order valence-electron chi connectivity index (χ1n) is 9.79. The van der Waals surface area contributed by atoms with Crippen LogP contribution >= 0.6 is 0 Å². The minimum atomic E-state index is -4.00. The lowest BCUT2D eigenvalue weighted by molar-refractivity contribution is -0.352. The Balaban J connectivity index is 1.94. The van der Waals surface area contributed by atoms with Crippen LogP contribution in [-0.4, -0.2) is 42.9 Å². The van der Waals surface area contributed by atoms with Crippen LogP contribution in [-0.2, 0) is 30.0 Å². The monoisotopic (exact) mass is 454 g/mol. The van der Waals surface area contributed by atoms with Gasteiger partial charge < -0.3 is 35.0 Å². The molecule has 0 atom stereocenters. The lowest BCUT2D eigenvalue weighted by Crippen LogP contribution is -2.57. The van der Waals surface area contributed by atoms with Gasteiger partial charge in [0.15, 0.2) is 11.6 Å². The number of carboxylic acid groups (broad SMARTS) is 1. The molecule has 0 saturated heterocycles. The van der Waals surface area contributed by atoms with E-state index in [0.717, 1.165) is 12.1 Å². The number of ether oxygens (including phenoxy) is 2. The standard InChI is InChI=1S/C22H24F2O8/c1-4-14-15(21(27,28)22(29,30)19(25)26)5-6-16(17(14)24)31-10-12-8-13(23)7-11-9-20(2,3)32-18(11)12/h5-8,27-30H,4,9-10H2,1-3H3,(H,25,26). The van der Waals surface area contributed by atoms with Gasteiger partial charge in [0, 0.05) is 28.7 Å². The van der Waals surface area contributed by atoms with Gasteiger partial charge >= 0.3 is 11.8 Å². The number of carbonyl (C=O) groups is 1. The molecule has 0 aliphatic carbocycles. The Kier molecular flexibility index (Phi) is 5.94. The maximum Gasteiger partial charge on any atom is 0.370 e. The van der Waals surface area contributed by atoms with E-state index >= 15 is 4.39 Å².